The van der Waals surface area contributed by atoms with Crippen molar-refractivity contribution in [1.29, 1.82) is 0 Å². The molecule has 0 radical (unpaired) electrons. The van der Waals surface area contributed by atoms with Crippen LogP contribution < -0.4 is 10.2 Å². The van der Waals surface area contributed by atoms with Crippen molar-refractivity contribution >= 4 is 11.8 Å². The Kier molecular flexibility index (Phi) is 5.73. The molecule has 0 aromatic carbocycles. The summed E-state index contributed by atoms with van der Waals surface area (Å²) in [6, 6.07) is 2.03. The predicted octanol–water partition coefficient (Wildman–Crippen LogP) is 2.84. The van der Waals surface area contributed by atoms with E-state index in [9.17, 15) is 0 Å². The van der Waals surface area contributed by atoms with E-state index in [0.717, 1.165) is 30.5 Å². The fourth-order valence-electron chi connectivity index (χ4n) is 1.70. The molecular formula is C13H24N4. The number of unbranched alkanes of at least 4 members (excludes halogenated alkanes) is 2. The van der Waals surface area contributed by atoms with Crippen LogP contribution in [0.2, 0.25) is 0 Å². The van der Waals surface area contributed by atoms with Crippen LogP contribution >= 0.6 is 0 Å². The molecule has 0 spiro atoms. The minimum Gasteiger partial charge on any atom is -0.360 e. The molecule has 0 amide bonds. The summed E-state index contributed by atoms with van der Waals surface area (Å²) in [5.74, 6) is 1.73. The smallest absolute Gasteiger partial charge is 0.224 e. The van der Waals surface area contributed by atoms with Gasteiger partial charge in [-0.25, -0.2) is 4.98 Å². The minimum atomic E-state index is 0.727. The Morgan fingerprint density at radius 2 is 2.00 bits per heavy atom. The summed E-state index contributed by atoms with van der Waals surface area (Å²) in [6.07, 6.45) is 3.74. The van der Waals surface area contributed by atoms with E-state index in [2.05, 4.69) is 41.1 Å². The van der Waals surface area contributed by atoms with Gasteiger partial charge in [0.1, 0.15) is 5.82 Å². The fraction of sp³-hybridized carbons (Fsp3) is 0.692. The third-order valence-electron chi connectivity index (χ3n) is 2.66. The zero-order chi connectivity index (χ0) is 12.7. The van der Waals surface area contributed by atoms with Gasteiger partial charge >= 0.3 is 0 Å². The Morgan fingerprint density at radius 1 is 1.24 bits per heavy atom. The summed E-state index contributed by atoms with van der Waals surface area (Å²) in [6.45, 7) is 8.18. The van der Waals surface area contributed by atoms with Crippen LogP contribution in [0.5, 0.6) is 0 Å². The highest BCUT2D eigenvalue weighted by atomic mass is 15.2. The molecule has 1 rings (SSSR count). The highest BCUT2D eigenvalue weighted by molar-refractivity contribution is 5.43. The second-order valence-electron chi connectivity index (χ2n) is 4.35. The molecular weight excluding hydrogens is 212 g/mol. The number of hydrogen-bond acceptors (Lipinski definition) is 4. The molecule has 96 valence electrons. The van der Waals surface area contributed by atoms with Gasteiger partial charge in [-0.1, -0.05) is 19.8 Å². The zero-order valence-electron chi connectivity index (χ0n) is 11.5. The summed E-state index contributed by atoms with van der Waals surface area (Å²) >= 11 is 0. The molecule has 1 aromatic heterocycles. The molecule has 0 saturated carbocycles. The van der Waals surface area contributed by atoms with Crippen LogP contribution in [0.1, 0.15) is 38.8 Å². The van der Waals surface area contributed by atoms with E-state index < -0.39 is 0 Å². The Bertz CT molecular complexity index is 338. The maximum Gasteiger partial charge on any atom is 0.224 e. The van der Waals surface area contributed by atoms with Gasteiger partial charge in [0.2, 0.25) is 5.95 Å². The van der Waals surface area contributed by atoms with Crippen molar-refractivity contribution in [2.45, 2.75) is 40.0 Å². The molecule has 0 bridgehead atoms. The van der Waals surface area contributed by atoms with Crippen molar-refractivity contribution in [3.8, 4) is 0 Å². The first-order valence-corrected chi connectivity index (χ1v) is 6.48. The average molecular weight is 236 g/mol. The summed E-state index contributed by atoms with van der Waals surface area (Å²) in [5.41, 5.74) is 1.01. The third-order valence-corrected chi connectivity index (χ3v) is 2.66. The lowest BCUT2D eigenvalue weighted by molar-refractivity contribution is 0.700. The van der Waals surface area contributed by atoms with Gasteiger partial charge in [-0.3, -0.25) is 0 Å². The van der Waals surface area contributed by atoms with Gasteiger partial charge in [-0.2, -0.15) is 4.98 Å². The van der Waals surface area contributed by atoms with Crippen molar-refractivity contribution in [3.63, 3.8) is 0 Å². The van der Waals surface area contributed by atoms with Crippen LogP contribution in [0.4, 0.5) is 11.8 Å². The molecule has 17 heavy (non-hydrogen) atoms. The highest BCUT2D eigenvalue weighted by Gasteiger charge is 2.05. The SMILES string of the molecule is CCCCCN(C)c1cc(C)nc(NCC)n1. The molecule has 1 aromatic rings. The van der Waals surface area contributed by atoms with Crippen molar-refractivity contribution in [2.24, 2.45) is 0 Å². The van der Waals surface area contributed by atoms with E-state index in [1.165, 1.54) is 19.3 Å². The fourth-order valence-corrected chi connectivity index (χ4v) is 1.70. The second kappa shape index (κ2) is 7.09. The molecule has 0 atom stereocenters. The molecule has 4 nitrogen and oxygen atoms in total. The van der Waals surface area contributed by atoms with Gasteiger partial charge in [0.15, 0.2) is 0 Å². The van der Waals surface area contributed by atoms with Gasteiger partial charge in [-0.05, 0) is 20.3 Å². The molecule has 0 aliphatic carbocycles. The Balaban J connectivity index is 2.67. The molecule has 0 aliphatic rings. The molecule has 0 unspecified atom stereocenters. The lowest BCUT2D eigenvalue weighted by Crippen LogP contribution is -2.20. The maximum absolute atomic E-state index is 4.51. The summed E-state index contributed by atoms with van der Waals surface area (Å²) < 4.78 is 0. The summed E-state index contributed by atoms with van der Waals surface area (Å²) in [5, 5.41) is 3.16. The van der Waals surface area contributed by atoms with Crippen LogP contribution in [0.3, 0.4) is 0 Å². The number of aromatic nitrogens is 2. The quantitative estimate of drug-likeness (QED) is 0.739. The third kappa shape index (κ3) is 4.59. The standard InChI is InChI=1S/C13H24N4/c1-5-7-8-9-17(4)12-10-11(3)15-13(16-12)14-6-2/h10H,5-9H2,1-4H3,(H,14,15,16). The molecule has 0 saturated heterocycles. The zero-order valence-corrected chi connectivity index (χ0v) is 11.5. The number of rotatable bonds is 7. The van der Waals surface area contributed by atoms with Gasteiger partial charge < -0.3 is 10.2 Å². The van der Waals surface area contributed by atoms with Crippen molar-refractivity contribution in [3.05, 3.63) is 11.8 Å². The topological polar surface area (TPSA) is 41.1 Å². The van der Waals surface area contributed by atoms with Crippen molar-refractivity contribution < 1.29 is 0 Å². The number of hydrogen-bond donors (Lipinski definition) is 1. The first-order chi connectivity index (χ1) is 8.17. The van der Waals surface area contributed by atoms with Crippen LogP contribution in [0.25, 0.3) is 0 Å². The molecule has 0 fully saturated rings. The first kappa shape index (κ1) is 13.7. The normalized spacial score (nSPS) is 10.4. The average Bonchev–Trinajstić information content (AvgIpc) is 2.29. The van der Waals surface area contributed by atoms with Crippen LogP contribution in [0.15, 0.2) is 6.07 Å². The predicted molar refractivity (Wildman–Crippen MR) is 73.7 cm³/mol. The van der Waals surface area contributed by atoms with E-state index in [1.807, 2.05) is 13.0 Å². The van der Waals surface area contributed by atoms with Crippen LogP contribution in [-0.4, -0.2) is 30.1 Å². The summed E-state index contributed by atoms with van der Waals surface area (Å²) in [4.78, 5) is 11.1. The highest BCUT2D eigenvalue weighted by Crippen LogP contribution is 2.14. The van der Waals surface area contributed by atoms with Crippen molar-refractivity contribution in [1.82, 2.24) is 9.97 Å². The Hall–Kier alpha value is -1.32. The minimum absolute atomic E-state index is 0.727. The summed E-state index contributed by atoms with van der Waals surface area (Å²) in [7, 11) is 2.09. The maximum atomic E-state index is 4.51. The number of nitrogens with one attached hydrogen (secondary N) is 1. The lowest BCUT2D eigenvalue weighted by atomic mass is 10.2. The monoisotopic (exact) mass is 236 g/mol. The molecule has 1 N–H and O–H groups in total. The van der Waals surface area contributed by atoms with E-state index in [4.69, 9.17) is 0 Å². The van der Waals surface area contributed by atoms with E-state index >= 15 is 0 Å². The molecule has 4 heteroatoms. The van der Waals surface area contributed by atoms with Crippen LogP contribution in [-0.2, 0) is 0 Å². The number of nitrogens with zero attached hydrogens (tertiary/aromatic N) is 3. The van der Waals surface area contributed by atoms with E-state index in [0.29, 0.717) is 0 Å². The Labute approximate surface area is 104 Å². The molecule has 0 aliphatic heterocycles. The van der Waals surface area contributed by atoms with Crippen molar-refractivity contribution in [2.75, 3.05) is 30.4 Å². The second-order valence-corrected chi connectivity index (χ2v) is 4.35. The Morgan fingerprint density at radius 3 is 2.65 bits per heavy atom. The number of anilines is 2. The van der Waals surface area contributed by atoms with Gasteiger partial charge in [0.05, 0.1) is 0 Å². The molecule has 1 heterocycles. The lowest BCUT2D eigenvalue weighted by Gasteiger charge is -2.19. The van der Waals surface area contributed by atoms with Crippen LogP contribution in [0, 0.1) is 6.92 Å². The van der Waals surface area contributed by atoms with Gasteiger partial charge in [0.25, 0.3) is 0 Å². The first-order valence-electron chi connectivity index (χ1n) is 6.48. The van der Waals surface area contributed by atoms with Gasteiger partial charge in [-0.15, -0.1) is 0 Å². The van der Waals surface area contributed by atoms with Gasteiger partial charge in [0, 0.05) is 31.9 Å². The van der Waals surface area contributed by atoms with E-state index in [1.54, 1.807) is 0 Å². The largest absolute Gasteiger partial charge is 0.360 e. The van der Waals surface area contributed by atoms with E-state index in [-0.39, 0.29) is 0 Å². The number of aryl methyl sites for hydroxylation is 1.